The van der Waals surface area contributed by atoms with Gasteiger partial charge >= 0.3 is 0 Å². The van der Waals surface area contributed by atoms with Gasteiger partial charge in [-0.2, -0.15) is 0 Å². The summed E-state index contributed by atoms with van der Waals surface area (Å²) in [6.45, 7) is 0. The Hall–Kier alpha value is 2.41. The molecule has 0 amide bonds. The molecule has 0 saturated heterocycles. The zero-order chi connectivity index (χ0) is 0. The Bertz CT molecular complexity index is 7.51. The zero-order valence-corrected chi connectivity index (χ0v) is 6.96. The smallest absolute Gasteiger partial charge is 0.147 e. The topological polar surface area (TPSA) is 0 Å². The van der Waals surface area contributed by atoms with Gasteiger partial charge in [0.25, 0.3) is 0 Å². The molecule has 0 bridgehead atoms. The van der Waals surface area contributed by atoms with E-state index in [0.717, 1.165) is 0 Å². The van der Waals surface area contributed by atoms with Gasteiger partial charge in [-0.25, -0.2) is 0 Å². The molecule has 0 N–H and O–H groups in total. The first-order chi connectivity index (χ1) is 0. The van der Waals surface area contributed by atoms with Crippen molar-refractivity contribution in [3.8, 4) is 0 Å². The standard InChI is InChI=1S/Al.4ClH.Ti.3H/h;4*1H;;;;. The average molecular weight is 224 g/mol. The molecule has 0 atom stereocenters. The van der Waals surface area contributed by atoms with E-state index in [-0.39, 0.29) is 88.7 Å². The summed E-state index contributed by atoms with van der Waals surface area (Å²) in [6.07, 6.45) is 0. The summed E-state index contributed by atoms with van der Waals surface area (Å²) in [7, 11) is 0. The van der Waals surface area contributed by atoms with E-state index in [9.17, 15) is 0 Å². The van der Waals surface area contributed by atoms with Crippen LogP contribution in [0.3, 0.4) is 0 Å². The molecular weight excluding hydrogens is 217 g/mol. The average Bonchev–Trinajstić information content (AvgIpc) is 0. The van der Waals surface area contributed by atoms with E-state index < -0.39 is 0 Å². The van der Waals surface area contributed by atoms with Crippen LogP contribution in [-0.4, -0.2) is 17.4 Å². The van der Waals surface area contributed by atoms with E-state index in [1.807, 2.05) is 0 Å². The van der Waals surface area contributed by atoms with Crippen molar-refractivity contribution in [3.63, 3.8) is 0 Å². The number of hydrogen-bond acceptors (Lipinski definition) is 0. The van der Waals surface area contributed by atoms with Crippen molar-refractivity contribution in [2.75, 3.05) is 0 Å². The Labute approximate surface area is 87.9 Å². The Balaban J connectivity index is 0. The van der Waals surface area contributed by atoms with E-state index in [4.69, 9.17) is 0 Å². The van der Waals surface area contributed by atoms with Gasteiger partial charge in [-0.15, -0.1) is 49.6 Å². The third-order valence-corrected chi connectivity index (χ3v) is 0. The largest absolute Gasteiger partial charge is 0.187 e. The van der Waals surface area contributed by atoms with Crippen LogP contribution in [0.2, 0.25) is 0 Å². The van der Waals surface area contributed by atoms with Crippen LogP contribution < -0.4 is 0 Å². The van der Waals surface area contributed by atoms with Crippen molar-refractivity contribution in [1.82, 2.24) is 0 Å². The second kappa shape index (κ2) is 52.5. The first kappa shape index (κ1) is 79.6. The van der Waals surface area contributed by atoms with E-state index in [1.54, 1.807) is 0 Å². The van der Waals surface area contributed by atoms with Crippen LogP contribution in [0.1, 0.15) is 0 Å². The molecule has 42 valence electrons. The fraction of sp³-hybridized carbons (Fsp3) is 0. The quantitative estimate of drug-likeness (QED) is 0.525. The Morgan fingerprint density at radius 3 is 0.500 bits per heavy atom. The molecule has 0 saturated carbocycles. The van der Waals surface area contributed by atoms with Crippen LogP contribution in [0.15, 0.2) is 0 Å². The summed E-state index contributed by atoms with van der Waals surface area (Å²) < 4.78 is 0. The molecular formula is H7AlCl4Ti. The van der Waals surface area contributed by atoms with Crippen LogP contribution in [0, 0.1) is 0 Å². The summed E-state index contributed by atoms with van der Waals surface area (Å²) in [5.41, 5.74) is 0. The third-order valence-electron chi connectivity index (χ3n) is 0. The minimum atomic E-state index is 0. The summed E-state index contributed by atoms with van der Waals surface area (Å²) in [4.78, 5) is 0. The van der Waals surface area contributed by atoms with E-state index in [1.165, 1.54) is 0 Å². The van der Waals surface area contributed by atoms with Crippen LogP contribution >= 0.6 is 49.6 Å². The first-order valence-electron chi connectivity index (χ1n) is 0. The van der Waals surface area contributed by atoms with Gasteiger partial charge in [0.05, 0.1) is 0 Å². The second-order valence-corrected chi connectivity index (χ2v) is 0. The molecule has 0 aromatic carbocycles. The maximum Gasteiger partial charge on any atom is 0.187 e. The van der Waals surface area contributed by atoms with Gasteiger partial charge in [-0.05, 0) is 0 Å². The molecule has 0 rings (SSSR count). The van der Waals surface area contributed by atoms with Crippen LogP contribution in [0.25, 0.3) is 0 Å². The minimum absolute atomic E-state index is 0. The van der Waals surface area contributed by atoms with Crippen LogP contribution in [0.4, 0.5) is 0 Å². The van der Waals surface area contributed by atoms with Crippen LogP contribution in [-0.2, 0) is 21.7 Å². The zero-order valence-electron chi connectivity index (χ0n) is 2.13. The molecule has 0 heterocycles. The summed E-state index contributed by atoms with van der Waals surface area (Å²) in [5, 5.41) is 0. The van der Waals surface area contributed by atoms with Gasteiger partial charge in [0, 0.05) is 21.7 Å². The monoisotopic (exact) mass is 222 g/mol. The predicted molar refractivity (Wildman–Crippen MR) is 38.9 cm³/mol. The first-order valence-corrected chi connectivity index (χ1v) is 0. The normalized spacial score (nSPS) is 0. The van der Waals surface area contributed by atoms with Crippen LogP contribution in [0.5, 0.6) is 0 Å². The van der Waals surface area contributed by atoms with E-state index in [2.05, 4.69) is 0 Å². The molecule has 0 fully saturated rings. The SMILES string of the molecule is Cl.Cl.Cl.Cl.[AlH3].[Ti]. The Morgan fingerprint density at radius 1 is 0.500 bits per heavy atom. The van der Waals surface area contributed by atoms with Crippen molar-refractivity contribution in [1.29, 1.82) is 0 Å². The predicted octanol–water partition coefficient (Wildman–Crippen LogP) is 0.501. The van der Waals surface area contributed by atoms with Gasteiger partial charge < -0.3 is 0 Å². The van der Waals surface area contributed by atoms with Crippen molar-refractivity contribution < 1.29 is 21.7 Å². The molecule has 0 nitrogen and oxygen atoms in total. The summed E-state index contributed by atoms with van der Waals surface area (Å²) in [5.74, 6) is 0. The van der Waals surface area contributed by atoms with Gasteiger partial charge in [-0.1, -0.05) is 0 Å². The third kappa shape index (κ3) is 32.3. The molecule has 0 aliphatic heterocycles. The molecule has 0 radical (unpaired) electrons. The Kier molecular flexibility index (Phi) is 696. The number of halogens is 4. The second-order valence-electron chi connectivity index (χ2n) is 0. The molecule has 6 heavy (non-hydrogen) atoms. The minimum Gasteiger partial charge on any atom is -0.147 e. The number of hydrogen-bond donors (Lipinski definition) is 0. The molecule has 0 aromatic rings. The van der Waals surface area contributed by atoms with E-state index in [0.29, 0.717) is 0 Å². The Morgan fingerprint density at radius 2 is 0.500 bits per heavy atom. The molecule has 6 heteroatoms. The van der Waals surface area contributed by atoms with Gasteiger partial charge in [0.2, 0.25) is 0 Å². The summed E-state index contributed by atoms with van der Waals surface area (Å²) >= 11 is 0. The van der Waals surface area contributed by atoms with Gasteiger partial charge in [0.1, 0.15) is 0 Å². The van der Waals surface area contributed by atoms with Crippen molar-refractivity contribution in [3.05, 3.63) is 0 Å². The molecule has 0 aliphatic rings. The maximum absolute atomic E-state index is 0. The molecule has 0 aromatic heterocycles. The number of rotatable bonds is 0. The molecule has 0 spiro atoms. The van der Waals surface area contributed by atoms with Crippen molar-refractivity contribution in [2.24, 2.45) is 0 Å². The molecule has 0 aliphatic carbocycles. The van der Waals surface area contributed by atoms with Crippen molar-refractivity contribution >= 4 is 67.0 Å². The fourth-order valence-corrected chi connectivity index (χ4v) is 0. The van der Waals surface area contributed by atoms with Crippen molar-refractivity contribution in [2.45, 2.75) is 0 Å². The summed E-state index contributed by atoms with van der Waals surface area (Å²) in [6, 6.07) is 0. The van der Waals surface area contributed by atoms with Gasteiger partial charge in [-0.3, -0.25) is 0 Å². The van der Waals surface area contributed by atoms with E-state index >= 15 is 0 Å². The fourth-order valence-electron chi connectivity index (χ4n) is 0. The maximum atomic E-state index is 0. The van der Waals surface area contributed by atoms with Gasteiger partial charge in [0.15, 0.2) is 17.4 Å². The molecule has 0 unspecified atom stereocenters.